The molecule has 0 aromatic rings. The van der Waals surface area contributed by atoms with Crippen molar-refractivity contribution in [1.82, 2.24) is 4.90 Å². The first kappa shape index (κ1) is 13.9. The molecule has 2 atom stereocenters. The molecule has 8 heteroatoms. The van der Waals surface area contributed by atoms with Crippen molar-refractivity contribution in [3.8, 4) is 0 Å². The van der Waals surface area contributed by atoms with E-state index in [-0.39, 0.29) is 13.2 Å². The van der Waals surface area contributed by atoms with Gasteiger partial charge in [-0.1, -0.05) is 0 Å². The molecule has 0 aromatic carbocycles. The van der Waals surface area contributed by atoms with Crippen molar-refractivity contribution in [2.24, 2.45) is 5.92 Å². The first-order valence-electron chi connectivity index (χ1n) is 4.96. The lowest BCUT2D eigenvalue weighted by Crippen LogP contribution is -2.46. The van der Waals surface area contributed by atoms with Crippen LogP contribution >= 0.6 is 0 Å². The Hall–Kier alpha value is -1.15. The van der Waals surface area contributed by atoms with Crippen LogP contribution in [-0.4, -0.2) is 68.6 Å². The summed E-state index contributed by atoms with van der Waals surface area (Å²) < 4.78 is 27.0. The van der Waals surface area contributed by atoms with Crippen LogP contribution < -0.4 is 0 Å². The van der Waals surface area contributed by atoms with Gasteiger partial charge in [-0.05, 0) is 0 Å². The normalized spacial score (nSPS) is 24.6. The molecule has 1 saturated heterocycles. The van der Waals surface area contributed by atoms with Gasteiger partial charge in [0.05, 0.1) is 19.3 Å². The zero-order valence-corrected chi connectivity index (χ0v) is 10.4. The molecule has 1 N–H and O–H groups in total. The topological polar surface area (TPSA) is 101 Å². The summed E-state index contributed by atoms with van der Waals surface area (Å²) in [6.07, 6.45) is 0.957. The standard InChI is InChI=1S/C9H15NO6S/c1-10(8(11)5-17(2,14)15)7-4-16-3-6(7)9(12)13/h6-7H,3-5H2,1-2H3,(H,12,13). The zero-order valence-electron chi connectivity index (χ0n) is 9.62. The maximum atomic E-state index is 11.6. The van der Waals surface area contributed by atoms with Gasteiger partial charge in [-0.3, -0.25) is 9.59 Å². The van der Waals surface area contributed by atoms with Crippen LogP contribution in [0.1, 0.15) is 0 Å². The highest BCUT2D eigenvalue weighted by molar-refractivity contribution is 7.91. The Morgan fingerprint density at radius 2 is 2.00 bits per heavy atom. The lowest BCUT2D eigenvalue weighted by Gasteiger charge is -2.26. The number of carbonyl (C=O) groups is 2. The van der Waals surface area contributed by atoms with Gasteiger partial charge in [0.15, 0.2) is 9.84 Å². The molecule has 17 heavy (non-hydrogen) atoms. The van der Waals surface area contributed by atoms with E-state index in [4.69, 9.17) is 9.84 Å². The Kier molecular flexibility index (Phi) is 4.10. The maximum Gasteiger partial charge on any atom is 0.311 e. The number of carboxylic acid groups (broad SMARTS) is 1. The third kappa shape index (κ3) is 3.67. The van der Waals surface area contributed by atoms with Crippen LogP contribution in [0.25, 0.3) is 0 Å². The number of carboxylic acids is 1. The van der Waals surface area contributed by atoms with Gasteiger partial charge in [0.2, 0.25) is 5.91 Å². The van der Waals surface area contributed by atoms with E-state index < -0.39 is 39.4 Å². The summed E-state index contributed by atoms with van der Waals surface area (Å²) in [7, 11) is -2.02. The Morgan fingerprint density at radius 3 is 2.47 bits per heavy atom. The monoisotopic (exact) mass is 265 g/mol. The lowest BCUT2D eigenvalue weighted by atomic mass is 10.0. The fourth-order valence-corrected chi connectivity index (χ4v) is 2.32. The van der Waals surface area contributed by atoms with Crippen LogP contribution in [0.15, 0.2) is 0 Å². The lowest BCUT2D eigenvalue weighted by molar-refractivity contribution is -0.144. The Balaban J connectivity index is 2.72. The number of hydrogen-bond acceptors (Lipinski definition) is 5. The van der Waals surface area contributed by atoms with E-state index in [1.807, 2.05) is 0 Å². The molecular weight excluding hydrogens is 250 g/mol. The smallest absolute Gasteiger partial charge is 0.311 e. The van der Waals surface area contributed by atoms with Crippen molar-refractivity contribution in [2.45, 2.75) is 6.04 Å². The Morgan fingerprint density at radius 1 is 1.41 bits per heavy atom. The molecule has 0 aliphatic carbocycles. The van der Waals surface area contributed by atoms with Crippen LogP contribution in [-0.2, 0) is 24.2 Å². The molecule has 0 saturated carbocycles. The molecular formula is C9H15NO6S. The van der Waals surface area contributed by atoms with Crippen molar-refractivity contribution in [3.05, 3.63) is 0 Å². The summed E-state index contributed by atoms with van der Waals surface area (Å²) in [5, 5.41) is 8.91. The van der Waals surface area contributed by atoms with E-state index in [0.717, 1.165) is 11.2 Å². The van der Waals surface area contributed by atoms with Crippen molar-refractivity contribution in [3.63, 3.8) is 0 Å². The molecule has 1 aliphatic rings. The quantitative estimate of drug-likeness (QED) is 0.670. The molecule has 0 bridgehead atoms. The summed E-state index contributed by atoms with van der Waals surface area (Å²) in [6.45, 7) is 0.152. The van der Waals surface area contributed by atoms with Gasteiger partial charge in [-0.15, -0.1) is 0 Å². The zero-order chi connectivity index (χ0) is 13.2. The van der Waals surface area contributed by atoms with Gasteiger partial charge >= 0.3 is 5.97 Å². The second kappa shape index (κ2) is 5.01. The third-order valence-corrected chi connectivity index (χ3v) is 3.42. The van der Waals surface area contributed by atoms with E-state index in [2.05, 4.69) is 0 Å². The molecule has 98 valence electrons. The summed E-state index contributed by atoms with van der Waals surface area (Å²) >= 11 is 0. The van der Waals surface area contributed by atoms with E-state index in [9.17, 15) is 18.0 Å². The number of hydrogen-bond donors (Lipinski definition) is 1. The number of amides is 1. The van der Waals surface area contributed by atoms with Gasteiger partial charge in [-0.2, -0.15) is 0 Å². The molecule has 0 spiro atoms. The molecule has 1 amide bonds. The van der Waals surface area contributed by atoms with Gasteiger partial charge in [-0.25, -0.2) is 8.42 Å². The number of carbonyl (C=O) groups excluding carboxylic acids is 1. The molecule has 1 heterocycles. The average molecular weight is 265 g/mol. The number of likely N-dealkylation sites (N-methyl/N-ethyl adjacent to an activating group) is 1. The predicted molar refractivity (Wildman–Crippen MR) is 58.2 cm³/mol. The SMILES string of the molecule is CN(C(=O)CS(C)(=O)=O)C1COCC1C(=O)O. The van der Waals surface area contributed by atoms with E-state index in [1.54, 1.807) is 0 Å². The first-order valence-corrected chi connectivity index (χ1v) is 7.02. The molecule has 1 fully saturated rings. The first-order chi connectivity index (χ1) is 7.72. The number of ether oxygens (including phenoxy) is 1. The fourth-order valence-electron chi connectivity index (χ4n) is 1.67. The molecule has 1 rings (SSSR count). The second-order valence-corrected chi connectivity index (χ2v) is 6.26. The minimum atomic E-state index is -3.42. The van der Waals surface area contributed by atoms with Gasteiger partial charge in [0, 0.05) is 13.3 Å². The van der Waals surface area contributed by atoms with Gasteiger partial charge < -0.3 is 14.7 Å². The predicted octanol–water partition coefficient (Wildman–Crippen LogP) is -1.41. The van der Waals surface area contributed by atoms with Crippen LogP contribution in [0.4, 0.5) is 0 Å². The maximum absolute atomic E-state index is 11.6. The van der Waals surface area contributed by atoms with Crippen LogP contribution in [0.5, 0.6) is 0 Å². The van der Waals surface area contributed by atoms with E-state index in [0.29, 0.717) is 0 Å². The second-order valence-electron chi connectivity index (χ2n) is 4.12. The van der Waals surface area contributed by atoms with Gasteiger partial charge in [0.25, 0.3) is 0 Å². The summed E-state index contributed by atoms with van der Waals surface area (Å²) in [6, 6.07) is -0.609. The molecule has 2 unspecified atom stereocenters. The Labute approximate surface area is 99.3 Å². The molecule has 0 radical (unpaired) electrons. The average Bonchev–Trinajstić information content (AvgIpc) is 2.61. The van der Waals surface area contributed by atoms with Crippen molar-refractivity contribution >= 4 is 21.7 Å². The number of aliphatic carboxylic acids is 1. The third-order valence-electron chi connectivity index (χ3n) is 2.64. The molecule has 0 aromatic heterocycles. The minimum absolute atomic E-state index is 0.0382. The molecule has 7 nitrogen and oxygen atoms in total. The number of nitrogens with zero attached hydrogens (tertiary/aromatic N) is 1. The van der Waals surface area contributed by atoms with Crippen LogP contribution in [0.2, 0.25) is 0 Å². The number of rotatable bonds is 4. The summed E-state index contributed by atoms with van der Waals surface area (Å²) in [5.74, 6) is -3.09. The van der Waals surface area contributed by atoms with Crippen LogP contribution in [0, 0.1) is 5.92 Å². The fraction of sp³-hybridized carbons (Fsp3) is 0.778. The van der Waals surface area contributed by atoms with Crippen molar-refractivity contribution < 1.29 is 27.9 Å². The Bertz CT molecular complexity index is 417. The van der Waals surface area contributed by atoms with Gasteiger partial charge in [0.1, 0.15) is 11.7 Å². The van der Waals surface area contributed by atoms with Crippen molar-refractivity contribution in [2.75, 3.05) is 32.3 Å². The minimum Gasteiger partial charge on any atom is -0.481 e. The summed E-state index contributed by atoms with van der Waals surface area (Å²) in [4.78, 5) is 23.6. The largest absolute Gasteiger partial charge is 0.481 e. The van der Waals surface area contributed by atoms with Crippen molar-refractivity contribution in [1.29, 1.82) is 0 Å². The molecule has 1 aliphatic heterocycles. The highest BCUT2D eigenvalue weighted by Crippen LogP contribution is 2.19. The van der Waals surface area contributed by atoms with E-state index >= 15 is 0 Å². The summed E-state index contributed by atoms with van der Waals surface area (Å²) in [5.41, 5.74) is 0. The highest BCUT2D eigenvalue weighted by Gasteiger charge is 2.38. The number of sulfone groups is 1. The van der Waals surface area contributed by atoms with E-state index in [1.165, 1.54) is 7.05 Å². The van der Waals surface area contributed by atoms with Crippen LogP contribution in [0.3, 0.4) is 0 Å². The highest BCUT2D eigenvalue weighted by atomic mass is 32.2.